The van der Waals surface area contributed by atoms with E-state index in [2.05, 4.69) is 20.8 Å². The van der Waals surface area contributed by atoms with E-state index in [4.69, 9.17) is 5.73 Å². The second-order valence-electron chi connectivity index (χ2n) is 5.54. The van der Waals surface area contributed by atoms with Crippen LogP contribution < -0.4 is 5.73 Å². The van der Waals surface area contributed by atoms with E-state index in [1.165, 1.54) is 6.42 Å². The monoisotopic (exact) mass is 226 g/mol. The smallest absolute Gasteiger partial charge is 0.242 e. The highest BCUT2D eigenvalue weighted by atomic mass is 16.2. The Kier molecular flexibility index (Phi) is 4.36. The number of nitrogens with zero attached hydrogens (tertiary/aromatic N) is 1. The van der Waals surface area contributed by atoms with Gasteiger partial charge in [0.15, 0.2) is 0 Å². The minimum absolute atomic E-state index is 0.150. The topological polar surface area (TPSA) is 46.3 Å². The van der Waals surface area contributed by atoms with Crippen LogP contribution in [-0.2, 0) is 4.79 Å². The van der Waals surface area contributed by atoms with Crippen molar-refractivity contribution in [2.24, 2.45) is 11.7 Å². The van der Waals surface area contributed by atoms with Crippen molar-refractivity contribution in [3.8, 4) is 0 Å². The Hall–Kier alpha value is -0.570. The van der Waals surface area contributed by atoms with Gasteiger partial charge < -0.3 is 10.6 Å². The van der Waals surface area contributed by atoms with Gasteiger partial charge in [0.25, 0.3) is 0 Å². The number of nitrogens with two attached hydrogens (primary N) is 1. The second kappa shape index (κ2) is 5.17. The average Bonchev–Trinajstić information content (AvgIpc) is 2.17. The molecular weight excluding hydrogens is 200 g/mol. The molecule has 2 unspecified atom stereocenters. The normalized spacial score (nSPS) is 30.5. The first-order chi connectivity index (χ1) is 7.40. The number of carbonyl (C=O) groups is 1. The van der Waals surface area contributed by atoms with Gasteiger partial charge in [-0.25, -0.2) is 0 Å². The van der Waals surface area contributed by atoms with Gasteiger partial charge in [0, 0.05) is 12.6 Å². The molecule has 0 aromatic carbocycles. The van der Waals surface area contributed by atoms with Crippen molar-refractivity contribution in [2.75, 3.05) is 6.54 Å². The lowest BCUT2D eigenvalue weighted by Crippen LogP contribution is -2.58. The number of likely N-dealkylation sites (N-methyl/N-ethyl adjacent to an activating group) is 1. The Morgan fingerprint density at radius 2 is 2.19 bits per heavy atom. The molecule has 0 aromatic heterocycles. The summed E-state index contributed by atoms with van der Waals surface area (Å²) in [4.78, 5) is 14.3. The highest BCUT2D eigenvalue weighted by molar-refractivity contribution is 5.86. The molecule has 1 aliphatic carbocycles. The first kappa shape index (κ1) is 13.5. The molecule has 0 saturated heterocycles. The molecule has 1 aliphatic rings. The van der Waals surface area contributed by atoms with Crippen molar-refractivity contribution in [3.05, 3.63) is 0 Å². The van der Waals surface area contributed by atoms with Crippen LogP contribution in [0.2, 0.25) is 0 Å². The Bertz CT molecular complexity index is 252. The first-order valence-corrected chi connectivity index (χ1v) is 6.50. The van der Waals surface area contributed by atoms with Crippen molar-refractivity contribution < 1.29 is 4.79 Å². The SMILES string of the molecule is CCN(C(=O)C1(N)CCCC(C)C1)C(C)C. The van der Waals surface area contributed by atoms with Gasteiger partial charge in [0.1, 0.15) is 0 Å². The molecule has 94 valence electrons. The highest BCUT2D eigenvalue weighted by Gasteiger charge is 2.40. The fourth-order valence-electron chi connectivity index (χ4n) is 2.82. The summed E-state index contributed by atoms with van der Waals surface area (Å²) >= 11 is 0. The molecule has 1 fully saturated rings. The van der Waals surface area contributed by atoms with E-state index >= 15 is 0 Å². The van der Waals surface area contributed by atoms with Crippen LogP contribution in [0.25, 0.3) is 0 Å². The summed E-state index contributed by atoms with van der Waals surface area (Å²) in [5, 5.41) is 0. The first-order valence-electron chi connectivity index (χ1n) is 6.50. The van der Waals surface area contributed by atoms with Gasteiger partial charge in [0.2, 0.25) is 5.91 Å². The average molecular weight is 226 g/mol. The van der Waals surface area contributed by atoms with Gasteiger partial charge in [-0.1, -0.05) is 19.8 Å². The molecule has 0 radical (unpaired) electrons. The predicted molar refractivity (Wildman–Crippen MR) is 67.1 cm³/mol. The Morgan fingerprint density at radius 1 is 1.56 bits per heavy atom. The van der Waals surface area contributed by atoms with Crippen molar-refractivity contribution in [1.29, 1.82) is 0 Å². The lowest BCUT2D eigenvalue weighted by molar-refractivity contribution is -0.140. The minimum atomic E-state index is -0.599. The van der Waals surface area contributed by atoms with Crippen LogP contribution in [0.15, 0.2) is 0 Å². The van der Waals surface area contributed by atoms with Crippen molar-refractivity contribution in [1.82, 2.24) is 4.90 Å². The summed E-state index contributed by atoms with van der Waals surface area (Å²) in [6.45, 7) is 9.07. The quantitative estimate of drug-likeness (QED) is 0.801. The molecule has 0 heterocycles. The van der Waals surface area contributed by atoms with Crippen LogP contribution >= 0.6 is 0 Å². The van der Waals surface area contributed by atoms with E-state index in [1.54, 1.807) is 0 Å². The van der Waals surface area contributed by atoms with Crippen LogP contribution in [0.3, 0.4) is 0 Å². The summed E-state index contributed by atoms with van der Waals surface area (Å²) in [6, 6.07) is 0.246. The molecule has 0 aromatic rings. The summed E-state index contributed by atoms with van der Waals surface area (Å²) < 4.78 is 0. The summed E-state index contributed by atoms with van der Waals surface area (Å²) in [5.74, 6) is 0.727. The third kappa shape index (κ3) is 2.76. The third-order valence-corrected chi connectivity index (χ3v) is 3.68. The molecular formula is C13H26N2O. The van der Waals surface area contributed by atoms with Gasteiger partial charge in [-0.15, -0.1) is 0 Å². The highest BCUT2D eigenvalue weighted by Crippen LogP contribution is 2.32. The van der Waals surface area contributed by atoms with Gasteiger partial charge >= 0.3 is 0 Å². The number of hydrogen-bond acceptors (Lipinski definition) is 2. The third-order valence-electron chi connectivity index (χ3n) is 3.68. The zero-order chi connectivity index (χ0) is 12.3. The summed E-state index contributed by atoms with van der Waals surface area (Å²) in [6.07, 6.45) is 3.98. The molecule has 0 spiro atoms. The van der Waals surface area contributed by atoms with E-state index in [1.807, 2.05) is 11.8 Å². The van der Waals surface area contributed by atoms with E-state index < -0.39 is 5.54 Å². The van der Waals surface area contributed by atoms with Crippen molar-refractivity contribution >= 4 is 5.91 Å². The van der Waals surface area contributed by atoms with E-state index in [0.717, 1.165) is 25.8 Å². The predicted octanol–water partition coefficient (Wildman–Crippen LogP) is 2.15. The van der Waals surface area contributed by atoms with Gasteiger partial charge in [-0.2, -0.15) is 0 Å². The molecule has 1 rings (SSSR count). The molecule has 0 aliphatic heterocycles. The van der Waals surface area contributed by atoms with Gasteiger partial charge in [-0.3, -0.25) is 4.79 Å². The van der Waals surface area contributed by atoms with E-state index in [9.17, 15) is 4.79 Å². The molecule has 1 saturated carbocycles. The Morgan fingerprint density at radius 3 is 2.62 bits per heavy atom. The number of hydrogen-bond donors (Lipinski definition) is 1. The number of carbonyl (C=O) groups excluding carboxylic acids is 1. The van der Waals surface area contributed by atoms with Crippen LogP contribution in [0.5, 0.6) is 0 Å². The van der Waals surface area contributed by atoms with Crippen molar-refractivity contribution in [2.45, 2.75) is 65.0 Å². The summed E-state index contributed by atoms with van der Waals surface area (Å²) in [7, 11) is 0. The minimum Gasteiger partial charge on any atom is -0.339 e. The molecule has 2 N–H and O–H groups in total. The standard InChI is InChI=1S/C13H26N2O/c1-5-15(10(2)3)12(16)13(14)8-6-7-11(4)9-13/h10-11H,5-9,14H2,1-4H3. The van der Waals surface area contributed by atoms with Crippen LogP contribution in [-0.4, -0.2) is 28.9 Å². The fourth-order valence-corrected chi connectivity index (χ4v) is 2.82. The lowest BCUT2D eigenvalue weighted by Gasteiger charge is -2.40. The molecule has 0 bridgehead atoms. The molecule has 3 nitrogen and oxygen atoms in total. The fraction of sp³-hybridized carbons (Fsp3) is 0.923. The van der Waals surface area contributed by atoms with Crippen LogP contribution in [0.1, 0.15) is 53.4 Å². The maximum Gasteiger partial charge on any atom is 0.242 e. The zero-order valence-electron chi connectivity index (χ0n) is 11.1. The molecule has 2 atom stereocenters. The lowest BCUT2D eigenvalue weighted by atomic mass is 9.76. The number of rotatable bonds is 3. The van der Waals surface area contributed by atoms with Crippen molar-refractivity contribution in [3.63, 3.8) is 0 Å². The Labute approximate surface area is 99.4 Å². The van der Waals surface area contributed by atoms with Gasteiger partial charge in [0.05, 0.1) is 5.54 Å². The maximum atomic E-state index is 12.4. The second-order valence-corrected chi connectivity index (χ2v) is 5.54. The maximum absolute atomic E-state index is 12.4. The molecule has 3 heteroatoms. The largest absolute Gasteiger partial charge is 0.339 e. The van der Waals surface area contributed by atoms with Crippen LogP contribution in [0, 0.1) is 5.92 Å². The van der Waals surface area contributed by atoms with Crippen LogP contribution in [0.4, 0.5) is 0 Å². The Balaban J connectivity index is 2.77. The van der Waals surface area contributed by atoms with Gasteiger partial charge in [-0.05, 0) is 39.5 Å². The molecule has 1 amide bonds. The number of amides is 1. The molecule has 16 heavy (non-hydrogen) atoms. The summed E-state index contributed by atoms with van der Waals surface area (Å²) in [5.41, 5.74) is 5.72. The van der Waals surface area contributed by atoms with E-state index in [-0.39, 0.29) is 11.9 Å². The zero-order valence-corrected chi connectivity index (χ0v) is 11.1. The van der Waals surface area contributed by atoms with E-state index in [0.29, 0.717) is 5.92 Å².